The number of aliphatic imine (C=N–C) groups is 1. The molecule has 0 fully saturated rings. The molecule has 25 heavy (non-hydrogen) atoms. The van der Waals surface area contributed by atoms with E-state index < -0.39 is 0 Å². The van der Waals surface area contributed by atoms with E-state index in [-0.39, 0.29) is 24.0 Å². The van der Waals surface area contributed by atoms with Gasteiger partial charge in [0.05, 0.1) is 0 Å². The van der Waals surface area contributed by atoms with Crippen LogP contribution in [0.1, 0.15) is 44.9 Å². The first-order valence-corrected chi connectivity index (χ1v) is 9.16. The summed E-state index contributed by atoms with van der Waals surface area (Å²) >= 11 is 0. The monoisotopic (exact) mass is 457 g/mol. The maximum absolute atomic E-state index is 4.29. The fraction of sp³-hybridized carbons (Fsp3) is 0.579. The molecular formula is C19H32IN5. The fourth-order valence-electron chi connectivity index (χ4n) is 2.83. The Morgan fingerprint density at radius 2 is 1.96 bits per heavy atom. The molecule has 6 heteroatoms. The van der Waals surface area contributed by atoms with E-state index in [4.69, 9.17) is 0 Å². The Labute approximate surface area is 169 Å². The van der Waals surface area contributed by atoms with Crippen LogP contribution in [0.15, 0.2) is 41.0 Å². The average molecular weight is 457 g/mol. The van der Waals surface area contributed by atoms with Crippen LogP contribution >= 0.6 is 24.0 Å². The summed E-state index contributed by atoms with van der Waals surface area (Å²) in [5.41, 5.74) is 1.60. The second-order valence-electron chi connectivity index (χ2n) is 6.13. The van der Waals surface area contributed by atoms with Crippen molar-refractivity contribution in [1.29, 1.82) is 0 Å². The van der Waals surface area contributed by atoms with E-state index in [2.05, 4.69) is 32.0 Å². The van der Waals surface area contributed by atoms with E-state index >= 15 is 0 Å². The van der Waals surface area contributed by atoms with Crippen molar-refractivity contribution in [2.24, 2.45) is 4.99 Å². The van der Waals surface area contributed by atoms with Crippen molar-refractivity contribution in [1.82, 2.24) is 15.6 Å². The topological polar surface area (TPSA) is 61.3 Å². The van der Waals surface area contributed by atoms with Crippen LogP contribution in [-0.2, 0) is 0 Å². The molecule has 1 heterocycles. The number of pyridine rings is 1. The van der Waals surface area contributed by atoms with Gasteiger partial charge in [0.2, 0.25) is 0 Å². The molecule has 0 amide bonds. The Balaban J connectivity index is 0.00000312. The van der Waals surface area contributed by atoms with Gasteiger partial charge in [0.15, 0.2) is 5.96 Å². The van der Waals surface area contributed by atoms with Gasteiger partial charge in [-0.05, 0) is 57.1 Å². The predicted molar refractivity (Wildman–Crippen MR) is 118 cm³/mol. The third kappa shape index (κ3) is 9.67. The number of allylic oxidation sites excluding steroid dienone is 1. The molecule has 1 aliphatic rings. The molecule has 5 nitrogen and oxygen atoms in total. The lowest BCUT2D eigenvalue weighted by atomic mass is 9.97. The quantitative estimate of drug-likeness (QED) is 0.173. The minimum atomic E-state index is 0. The first-order chi connectivity index (χ1) is 11.9. The van der Waals surface area contributed by atoms with Gasteiger partial charge in [-0.2, -0.15) is 0 Å². The van der Waals surface area contributed by atoms with Crippen LogP contribution in [0.2, 0.25) is 0 Å². The molecule has 0 bridgehead atoms. The third-order valence-electron chi connectivity index (χ3n) is 4.21. The minimum Gasteiger partial charge on any atom is -0.370 e. The van der Waals surface area contributed by atoms with Gasteiger partial charge >= 0.3 is 0 Å². The van der Waals surface area contributed by atoms with Gasteiger partial charge in [-0.1, -0.05) is 17.7 Å². The van der Waals surface area contributed by atoms with Crippen LogP contribution in [0.5, 0.6) is 0 Å². The Morgan fingerprint density at radius 3 is 2.68 bits per heavy atom. The summed E-state index contributed by atoms with van der Waals surface area (Å²) < 4.78 is 0. The maximum atomic E-state index is 4.29. The Hall–Kier alpha value is -1.31. The van der Waals surface area contributed by atoms with Crippen molar-refractivity contribution in [3.63, 3.8) is 0 Å². The largest absolute Gasteiger partial charge is 0.370 e. The molecule has 0 unspecified atom stereocenters. The summed E-state index contributed by atoms with van der Waals surface area (Å²) in [5, 5.41) is 10.1. The number of aromatic nitrogens is 1. The lowest BCUT2D eigenvalue weighted by molar-refractivity contribution is 0.662. The van der Waals surface area contributed by atoms with Gasteiger partial charge in [-0.3, -0.25) is 4.99 Å². The van der Waals surface area contributed by atoms with Crippen LogP contribution in [0.3, 0.4) is 0 Å². The second-order valence-corrected chi connectivity index (χ2v) is 6.13. The Bertz CT molecular complexity index is 516. The molecule has 0 saturated carbocycles. The maximum Gasteiger partial charge on any atom is 0.190 e. The van der Waals surface area contributed by atoms with E-state index in [9.17, 15) is 0 Å². The summed E-state index contributed by atoms with van der Waals surface area (Å²) in [4.78, 5) is 8.54. The first-order valence-electron chi connectivity index (χ1n) is 9.16. The number of nitrogens with zero attached hydrogens (tertiary/aromatic N) is 2. The number of halogens is 1. The summed E-state index contributed by atoms with van der Waals surface area (Å²) in [7, 11) is 1.83. The van der Waals surface area contributed by atoms with Crippen molar-refractivity contribution in [2.75, 3.05) is 32.0 Å². The van der Waals surface area contributed by atoms with Crippen LogP contribution in [-0.4, -0.2) is 37.6 Å². The molecule has 0 spiro atoms. The molecule has 1 aromatic rings. The average Bonchev–Trinajstić information content (AvgIpc) is 2.64. The highest BCUT2D eigenvalue weighted by Crippen LogP contribution is 2.19. The van der Waals surface area contributed by atoms with E-state index in [0.29, 0.717) is 0 Å². The zero-order valence-electron chi connectivity index (χ0n) is 15.3. The van der Waals surface area contributed by atoms with E-state index in [1.54, 1.807) is 5.57 Å². The lowest BCUT2D eigenvalue weighted by Crippen LogP contribution is -2.38. The standard InChI is InChI=1S/C19H31N5.HI/c1-20-19(24-16-12-17-9-3-2-4-10-17)23-15-8-7-14-22-18-11-5-6-13-21-18;/h5-6,9,11,13H,2-4,7-8,10,12,14-16H2,1H3,(H,21,22)(H2,20,23,24);1H. The minimum absolute atomic E-state index is 0. The molecule has 0 aromatic carbocycles. The molecule has 0 saturated heterocycles. The first kappa shape index (κ1) is 21.7. The van der Waals surface area contributed by atoms with Crippen LogP contribution in [0.25, 0.3) is 0 Å². The lowest BCUT2D eigenvalue weighted by Gasteiger charge is -2.15. The molecule has 0 aliphatic heterocycles. The van der Waals surface area contributed by atoms with E-state index in [1.165, 1.54) is 25.7 Å². The zero-order valence-corrected chi connectivity index (χ0v) is 17.6. The number of anilines is 1. The Morgan fingerprint density at radius 1 is 1.12 bits per heavy atom. The fourth-order valence-corrected chi connectivity index (χ4v) is 2.83. The third-order valence-corrected chi connectivity index (χ3v) is 4.21. The smallest absolute Gasteiger partial charge is 0.190 e. The van der Waals surface area contributed by atoms with Crippen LogP contribution in [0, 0.1) is 0 Å². The van der Waals surface area contributed by atoms with Gasteiger partial charge in [-0.25, -0.2) is 4.98 Å². The molecule has 1 aromatic heterocycles. The molecule has 1 aliphatic carbocycles. The highest BCUT2D eigenvalue weighted by molar-refractivity contribution is 14.0. The highest BCUT2D eigenvalue weighted by atomic mass is 127. The SMILES string of the molecule is CN=C(NCCCCNc1ccccn1)NCCC1=CCCCC1.I. The van der Waals surface area contributed by atoms with Crippen molar-refractivity contribution in [2.45, 2.75) is 44.9 Å². The summed E-state index contributed by atoms with van der Waals surface area (Å²) in [6, 6.07) is 5.92. The highest BCUT2D eigenvalue weighted by Gasteiger charge is 2.04. The number of hydrogen-bond donors (Lipinski definition) is 3. The molecular weight excluding hydrogens is 425 g/mol. The number of guanidine groups is 1. The Kier molecular flexibility index (Phi) is 12.1. The van der Waals surface area contributed by atoms with Crippen LogP contribution < -0.4 is 16.0 Å². The molecule has 2 rings (SSSR count). The van der Waals surface area contributed by atoms with Gasteiger partial charge in [0.25, 0.3) is 0 Å². The van der Waals surface area contributed by atoms with E-state index in [0.717, 1.165) is 50.7 Å². The van der Waals surface area contributed by atoms with Gasteiger partial charge in [0.1, 0.15) is 5.82 Å². The number of nitrogens with one attached hydrogen (secondary N) is 3. The van der Waals surface area contributed by atoms with Crippen molar-refractivity contribution < 1.29 is 0 Å². The molecule has 0 radical (unpaired) electrons. The van der Waals surface area contributed by atoms with Crippen LogP contribution in [0.4, 0.5) is 5.82 Å². The predicted octanol–water partition coefficient (Wildman–Crippen LogP) is 3.95. The second kappa shape index (κ2) is 13.9. The van der Waals surface area contributed by atoms with Crippen molar-refractivity contribution in [3.05, 3.63) is 36.0 Å². The summed E-state index contributed by atoms with van der Waals surface area (Å²) in [5.74, 6) is 1.85. The van der Waals surface area contributed by atoms with Crippen molar-refractivity contribution in [3.8, 4) is 0 Å². The number of unbranched alkanes of at least 4 members (excludes halogenated alkanes) is 1. The van der Waals surface area contributed by atoms with E-state index in [1.807, 2.05) is 31.4 Å². The van der Waals surface area contributed by atoms with Gasteiger partial charge in [-0.15, -0.1) is 24.0 Å². The van der Waals surface area contributed by atoms with Gasteiger partial charge in [0, 0.05) is 32.9 Å². The molecule has 3 N–H and O–H groups in total. The number of hydrogen-bond acceptors (Lipinski definition) is 3. The normalized spacial score (nSPS) is 14.3. The molecule has 0 atom stereocenters. The summed E-state index contributed by atoms with van der Waals surface area (Å²) in [6.45, 7) is 2.85. The zero-order chi connectivity index (χ0) is 16.9. The number of rotatable bonds is 9. The summed E-state index contributed by atoms with van der Waals surface area (Å²) in [6.07, 6.45) is 12.8. The molecule has 140 valence electrons. The van der Waals surface area contributed by atoms with Crippen molar-refractivity contribution >= 4 is 35.8 Å². The van der Waals surface area contributed by atoms with Gasteiger partial charge < -0.3 is 16.0 Å².